The maximum atomic E-state index is 12.5. The van der Waals surface area contributed by atoms with Crippen LogP contribution in [0.5, 0.6) is 0 Å². The van der Waals surface area contributed by atoms with Crippen molar-refractivity contribution in [3.63, 3.8) is 0 Å². The molecule has 386 valence electrons. The number of hydrogen-bond acceptors (Lipinski definition) is 14. The van der Waals surface area contributed by atoms with Gasteiger partial charge in [0.15, 0.2) is 0 Å². The van der Waals surface area contributed by atoms with E-state index in [4.69, 9.17) is 5.73 Å². The number of fused-ring (bicyclic) bond motifs is 9. The summed E-state index contributed by atoms with van der Waals surface area (Å²) in [5, 5.41) is 15.4. The van der Waals surface area contributed by atoms with E-state index < -0.39 is 0 Å². The molecule has 6 aliphatic carbocycles. The molecule has 6 heterocycles. The maximum absolute atomic E-state index is 12.5. The van der Waals surface area contributed by atoms with Gasteiger partial charge in [-0.15, -0.1) is 34.0 Å². The van der Waals surface area contributed by atoms with Crippen LogP contribution in [0.1, 0.15) is 140 Å². The lowest BCUT2D eigenvalue weighted by Crippen LogP contribution is -2.39. The molecule has 0 atom stereocenters. The number of anilines is 3. The van der Waals surface area contributed by atoms with Crippen LogP contribution in [0.3, 0.4) is 0 Å². The quantitative estimate of drug-likeness (QED) is 0.0821. The third-order valence-electron chi connectivity index (χ3n) is 15.7. The molecule has 3 fully saturated rings. The number of nitrogens with one attached hydrogen (secondary N) is 3. The summed E-state index contributed by atoms with van der Waals surface area (Å²) in [5.74, 6) is 3.84. The molecule has 3 saturated carbocycles. The van der Waals surface area contributed by atoms with E-state index >= 15 is 0 Å². The zero-order valence-electron chi connectivity index (χ0n) is 41.4. The Balaban J connectivity index is 0.000000127. The minimum Gasteiger partial charge on any atom is -0.367 e. The molecule has 18 heteroatoms. The lowest BCUT2D eigenvalue weighted by Gasteiger charge is -2.34. The first-order valence-electron chi connectivity index (χ1n) is 26.6. The largest absolute Gasteiger partial charge is 0.367 e. The Morgan fingerprint density at radius 2 is 0.944 bits per heavy atom. The molecule has 12 rings (SSSR count). The summed E-state index contributed by atoms with van der Waals surface area (Å²) in [4.78, 5) is 37.2. The van der Waals surface area contributed by atoms with Gasteiger partial charge in [0.05, 0.1) is 29.5 Å². The second-order valence-electron chi connectivity index (χ2n) is 20.4. The summed E-state index contributed by atoms with van der Waals surface area (Å²) in [5.41, 5.74) is 10.5. The zero-order chi connectivity index (χ0) is 49.1. The van der Waals surface area contributed by atoms with Crippen LogP contribution in [0.2, 0.25) is 0 Å². The summed E-state index contributed by atoms with van der Waals surface area (Å²) in [7, 11) is 2.04. The molecule has 0 spiro atoms. The van der Waals surface area contributed by atoms with Gasteiger partial charge in [-0.2, -0.15) is 0 Å². The molecular formula is C53H73BrF3N11S3. The van der Waals surface area contributed by atoms with Crippen LogP contribution >= 0.6 is 49.9 Å². The Labute approximate surface area is 438 Å². The van der Waals surface area contributed by atoms with Crippen LogP contribution in [0, 0.1) is 5.92 Å². The highest BCUT2D eigenvalue weighted by molar-refractivity contribution is 9.09. The van der Waals surface area contributed by atoms with Gasteiger partial charge >= 0.3 is 0 Å². The Morgan fingerprint density at radius 1 is 0.549 bits per heavy atom. The van der Waals surface area contributed by atoms with E-state index in [0.29, 0.717) is 42.1 Å². The molecule has 0 aliphatic heterocycles. The van der Waals surface area contributed by atoms with E-state index in [1.54, 1.807) is 19.0 Å². The van der Waals surface area contributed by atoms with E-state index in [1.165, 1.54) is 125 Å². The van der Waals surface area contributed by atoms with Crippen LogP contribution < -0.4 is 21.7 Å². The molecule has 0 bridgehead atoms. The van der Waals surface area contributed by atoms with E-state index in [2.05, 4.69) is 66.7 Å². The van der Waals surface area contributed by atoms with Crippen molar-refractivity contribution < 1.29 is 13.2 Å². The Morgan fingerprint density at radius 3 is 1.32 bits per heavy atom. The van der Waals surface area contributed by atoms with Gasteiger partial charge in [0.25, 0.3) is 0 Å². The predicted octanol–water partition coefficient (Wildman–Crippen LogP) is 12.9. The molecular weight excluding hydrogens is 1020 g/mol. The zero-order valence-corrected chi connectivity index (χ0v) is 45.5. The number of rotatable bonds is 13. The number of nitrogens with zero attached hydrogens (tertiary/aromatic N) is 7. The number of thiophene rings is 3. The van der Waals surface area contributed by atoms with E-state index in [9.17, 15) is 13.2 Å². The van der Waals surface area contributed by atoms with Crippen molar-refractivity contribution in [3.05, 3.63) is 50.3 Å². The molecule has 0 saturated heterocycles. The minimum atomic E-state index is -0.264. The Hall–Kier alpha value is -3.29. The average Bonchev–Trinajstić information content (AvgIpc) is 4.26. The minimum absolute atomic E-state index is 0.166. The number of alkyl halides is 4. The molecule has 5 N–H and O–H groups in total. The Kier molecular flexibility index (Phi) is 19.1. The first-order valence-corrected chi connectivity index (χ1v) is 30.2. The summed E-state index contributed by atoms with van der Waals surface area (Å²) in [6, 6.07) is 2.41. The molecule has 6 aromatic rings. The SMILES string of the molecule is CN(CCF)C1CCC(Nc2ncnc3sc4c(c23)CCC4)CC1.FCCBr.FCCCC1CCC(Nc2ncnc3sc4c(c23)CCC4)CC1.NC1CCC(Nc2ncnc3sc4c(c23)CCC4)CC1. The first kappa shape index (κ1) is 52.6. The third-order valence-corrected chi connectivity index (χ3v) is 19.6. The normalized spacial score (nSPS) is 23.5. The van der Waals surface area contributed by atoms with E-state index in [0.717, 1.165) is 108 Å². The predicted molar refractivity (Wildman–Crippen MR) is 295 cm³/mol. The van der Waals surface area contributed by atoms with Crippen molar-refractivity contribution >= 4 is 98.0 Å². The summed E-state index contributed by atoms with van der Waals surface area (Å²) >= 11 is 8.41. The lowest BCUT2D eigenvalue weighted by molar-refractivity contribution is 0.174. The first-order chi connectivity index (χ1) is 34.8. The highest BCUT2D eigenvalue weighted by Crippen LogP contribution is 2.43. The number of hydrogen-bond donors (Lipinski definition) is 4. The van der Waals surface area contributed by atoms with Gasteiger partial charge in [-0.25, -0.2) is 34.3 Å². The summed E-state index contributed by atoms with van der Waals surface area (Å²) < 4.78 is 35.5. The molecule has 0 unspecified atom stereocenters. The number of aromatic nitrogens is 6. The smallest absolute Gasteiger partial charge is 0.138 e. The fraction of sp³-hybridized carbons (Fsp3) is 0.660. The van der Waals surface area contributed by atoms with Gasteiger partial charge in [-0.05, 0) is 177 Å². The van der Waals surface area contributed by atoms with Gasteiger partial charge in [0.1, 0.15) is 57.6 Å². The van der Waals surface area contributed by atoms with Gasteiger partial charge in [-0.1, -0.05) is 15.9 Å². The number of halogens is 4. The highest BCUT2D eigenvalue weighted by Gasteiger charge is 2.29. The van der Waals surface area contributed by atoms with Crippen LogP contribution in [0.25, 0.3) is 30.6 Å². The van der Waals surface area contributed by atoms with Crippen LogP contribution in [0.15, 0.2) is 19.0 Å². The van der Waals surface area contributed by atoms with Crippen LogP contribution in [-0.2, 0) is 38.5 Å². The fourth-order valence-electron chi connectivity index (χ4n) is 11.9. The van der Waals surface area contributed by atoms with Crippen molar-refractivity contribution in [2.75, 3.05) is 54.9 Å². The van der Waals surface area contributed by atoms with Gasteiger partial charge < -0.3 is 26.6 Å². The molecule has 0 radical (unpaired) electrons. The summed E-state index contributed by atoms with van der Waals surface area (Å²) in [6.45, 7) is -0.131. The monoisotopic (exact) mass is 1100 g/mol. The Bertz CT molecular complexity index is 2620. The molecule has 6 aliphatic rings. The summed E-state index contributed by atoms with van der Waals surface area (Å²) in [6.07, 6.45) is 31.7. The molecule has 71 heavy (non-hydrogen) atoms. The lowest BCUT2D eigenvalue weighted by atomic mass is 9.83. The van der Waals surface area contributed by atoms with Crippen molar-refractivity contribution in [3.8, 4) is 0 Å². The fourth-order valence-corrected chi connectivity index (χ4v) is 15.6. The maximum Gasteiger partial charge on any atom is 0.138 e. The number of aryl methyl sites for hydroxylation is 6. The number of nitrogens with two attached hydrogens (primary N) is 1. The molecule has 0 aromatic carbocycles. The van der Waals surface area contributed by atoms with Gasteiger partial charge in [-0.3, -0.25) is 8.78 Å². The van der Waals surface area contributed by atoms with Gasteiger partial charge in [0.2, 0.25) is 0 Å². The average molecular weight is 1100 g/mol. The second-order valence-corrected chi connectivity index (χ2v) is 24.5. The molecule has 6 aromatic heterocycles. The molecule has 0 amide bonds. The van der Waals surface area contributed by atoms with Crippen LogP contribution in [0.4, 0.5) is 30.6 Å². The van der Waals surface area contributed by atoms with Crippen molar-refractivity contribution in [2.24, 2.45) is 11.7 Å². The third kappa shape index (κ3) is 13.0. The second kappa shape index (κ2) is 25.8. The van der Waals surface area contributed by atoms with E-state index in [1.807, 2.05) is 41.1 Å². The van der Waals surface area contributed by atoms with Crippen LogP contribution in [-0.4, -0.2) is 104 Å². The van der Waals surface area contributed by atoms with Gasteiger partial charge in [0, 0.05) is 56.7 Å². The highest BCUT2D eigenvalue weighted by atomic mass is 79.9. The molecule has 11 nitrogen and oxygen atoms in total. The van der Waals surface area contributed by atoms with Crippen molar-refractivity contribution in [1.29, 1.82) is 0 Å². The van der Waals surface area contributed by atoms with Crippen molar-refractivity contribution in [1.82, 2.24) is 34.8 Å². The topological polar surface area (TPSA) is 143 Å². The van der Waals surface area contributed by atoms with Crippen molar-refractivity contribution in [2.45, 2.75) is 178 Å². The standard InChI is InChI=1S/C18H25FN4S.C18H24FN3S.C15H20N4S.C2H4BrF/c1-23(10-9-19)13-7-5-12(6-8-13)22-17-16-14-3-2-4-15(14)24-18(16)21-11-20-17;19-10-2-3-12-6-8-13(9-7-12)22-17-16-14-4-1-5-15(14)23-18(16)21-11-20-17;16-9-4-6-10(7-5-9)19-14-13-11-2-1-3-12(11)20-15(13)18-8-17-14;3-1-2-4/h11-13H,2-10H2,1H3,(H,20,21,22);11-13H,1-10H2,(H,20,21,22);8-10H,1-7,16H2,(H,17,18,19);1-2H2. The van der Waals surface area contributed by atoms with E-state index in [-0.39, 0.29) is 20.0 Å².